The third kappa shape index (κ3) is 3.47. The summed E-state index contributed by atoms with van der Waals surface area (Å²) < 4.78 is 13.2. The molecule has 0 saturated heterocycles. The summed E-state index contributed by atoms with van der Waals surface area (Å²) in [6, 6.07) is 5.46. The number of benzene rings is 1. The van der Waals surface area contributed by atoms with E-state index in [0.29, 0.717) is 0 Å². The van der Waals surface area contributed by atoms with Crippen LogP contribution in [0.4, 0.5) is 14.9 Å². The van der Waals surface area contributed by atoms with Crippen molar-refractivity contribution < 1.29 is 9.18 Å². The molecule has 0 aliphatic carbocycles. The molecule has 86 valence electrons. The summed E-state index contributed by atoms with van der Waals surface area (Å²) in [5.74, 6) is -0.487. The number of rotatable bonds is 3. The van der Waals surface area contributed by atoms with Crippen LogP contribution in [0.2, 0.25) is 0 Å². The average Bonchev–Trinajstić information content (AvgIpc) is 2.20. The van der Waals surface area contributed by atoms with Gasteiger partial charge in [-0.2, -0.15) is 0 Å². The fourth-order valence-electron chi connectivity index (χ4n) is 1.08. The normalized spacial score (nSPS) is 9.62. The molecule has 3 N–H and O–H groups in total. The number of likely N-dealkylation sites (N-methyl/N-ethyl adjacent to an activating group) is 1. The summed E-state index contributed by atoms with van der Waals surface area (Å²) in [7, 11) is 1.52. The van der Waals surface area contributed by atoms with Crippen LogP contribution in [0.3, 0.4) is 0 Å². The van der Waals surface area contributed by atoms with Crippen molar-refractivity contribution in [2.75, 3.05) is 18.9 Å². The van der Waals surface area contributed by atoms with Crippen LogP contribution in [0.25, 0.3) is 0 Å². The third-order valence-electron chi connectivity index (χ3n) is 1.86. The predicted molar refractivity (Wildman–Crippen MR) is 64.8 cm³/mol. The number of carbonyl (C=O) groups excluding carboxylic acids is 1. The van der Waals surface area contributed by atoms with Crippen LogP contribution < -0.4 is 11.1 Å². The fraction of sp³-hybridized carbons (Fsp3) is 0.200. The molecule has 4 nitrogen and oxygen atoms in total. The second kappa shape index (κ2) is 5.41. The third-order valence-corrected chi connectivity index (χ3v) is 1.98. The summed E-state index contributed by atoms with van der Waals surface area (Å²) in [6.45, 7) is 0.148. The van der Waals surface area contributed by atoms with Gasteiger partial charge in [-0.05, 0) is 12.1 Å². The van der Waals surface area contributed by atoms with Crippen LogP contribution in [0.5, 0.6) is 0 Å². The lowest BCUT2D eigenvalue weighted by atomic mass is 10.3. The number of hydrogen-bond acceptors (Lipinski definition) is 2. The molecule has 0 aliphatic heterocycles. The summed E-state index contributed by atoms with van der Waals surface area (Å²) >= 11 is 4.66. The number of nitrogens with two attached hydrogens (primary N) is 1. The number of urea groups is 1. The lowest BCUT2D eigenvalue weighted by molar-refractivity contribution is 0.228. The van der Waals surface area contributed by atoms with Gasteiger partial charge in [0.2, 0.25) is 0 Å². The van der Waals surface area contributed by atoms with E-state index in [-0.39, 0.29) is 17.2 Å². The van der Waals surface area contributed by atoms with Gasteiger partial charge in [0, 0.05) is 7.05 Å². The molecule has 0 atom stereocenters. The van der Waals surface area contributed by atoms with Crippen molar-refractivity contribution >= 4 is 28.9 Å². The Morgan fingerprint density at radius 1 is 1.56 bits per heavy atom. The average molecular weight is 241 g/mol. The van der Waals surface area contributed by atoms with Crippen molar-refractivity contribution in [3.8, 4) is 0 Å². The number of carbonyl (C=O) groups is 1. The maximum absolute atomic E-state index is 13.2. The Bertz CT molecular complexity index is 411. The largest absolute Gasteiger partial charge is 0.392 e. The number of thiocarbonyl (C=S) groups is 1. The summed E-state index contributed by atoms with van der Waals surface area (Å²) in [5.41, 5.74) is 5.42. The molecule has 2 amide bonds. The molecule has 0 radical (unpaired) electrons. The van der Waals surface area contributed by atoms with E-state index in [1.807, 2.05) is 0 Å². The lowest BCUT2D eigenvalue weighted by Gasteiger charge is -2.17. The van der Waals surface area contributed by atoms with Gasteiger partial charge in [0.05, 0.1) is 17.2 Å². The van der Waals surface area contributed by atoms with E-state index in [1.165, 1.54) is 24.1 Å². The van der Waals surface area contributed by atoms with Crippen molar-refractivity contribution in [2.45, 2.75) is 0 Å². The van der Waals surface area contributed by atoms with E-state index in [1.54, 1.807) is 12.1 Å². The van der Waals surface area contributed by atoms with Gasteiger partial charge in [0.15, 0.2) is 0 Å². The first-order valence-corrected chi connectivity index (χ1v) is 4.96. The number of nitrogens with one attached hydrogen (secondary N) is 1. The molecule has 0 fully saturated rings. The molecule has 0 spiro atoms. The van der Waals surface area contributed by atoms with Crippen LogP contribution in [-0.2, 0) is 0 Å². The van der Waals surface area contributed by atoms with E-state index >= 15 is 0 Å². The summed E-state index contributed by atoms with van der Waals surface area (Å²) in [4.78, 5) is 13.0. The van der Waals surface area contributed by atoms with Crippen molar-refractivity contribution in [3.63, 3.8) is 0 Å². The number of amides is 2. The van der Waals surface area contributed by atoms with Gasteiger partial charge in [-0.1, -0.05) is 24.4 Å². The topological polar surface area (TPSA) is 58.4 Å². The monoisotopic (exact) mass is 241 g/mol. The van der Waals surface area contributed by atoms with Crippen LogP contribution >= 0.6 is 12.2 Å². The number of nitrogens with zero attached hydrogens (tertiary/aromatic N) is 1. The second-order valence-electron chi connectivity index (χ2n) is 3.23. The Hall–Kier alpha value is -1.69. The molecular weight excluding hydrogens is 229 g/mol. The quantitative estimate of drug-likeness (QED) is 0.790. The van der Waals surface area contributed by atoms with E-state index < -0.39 is 11.8 Å². The molecule has 0 saturated carbocycles. The predicted octanol–water partition coefficient (Wildman–Crippen LogP) is 1.58. The smallest absolute Gasteiger partial charge is 0.322 e. The molecule has 1 rings (SSSR count). The molecule has 0 heterocycles. The van der Waals surface area contributed by atoms with Crippen molar-refractivity contribution in [1.82, 2.24) is 4.90 Å². The molecule has 6 heteroatoms. The van der Waals surface area contributed by atoms with Gasteiger partial charge in [-0.15, -0.1) is 0 Å². The molecule has 0 bridgehead atoms. The molecule has 16 heavy (non-hydrogen) atoms. The Balaban J connectivity index is 2.64. The maximum atomic E-state index is 13.2. The fourth-order valence-corrected chi connectivity index (χ4v) is 1.27. The highest BCUT2D eigenvalue weighted by molar-refractivity contribution is 7.80. The number of hydrogen-bond donors (Lipinski definition) is 2. The van der Waals surface area contributed by atoms with Gasteiger partial charge in [-0.3, -0.25) is 0 Å². The van der Waals surface area contributed by atoms with Crippen molar-refractivity contribution in [1.29, 1.82) is 0 Å². The zero-order chi connectivity index (χ0) is 12.1. The highest BCUT2D eigenvalue weighted by Gasteiger charge is 2.11. The van der Waals surface area contributed by atoms with Crippen molar-refractivity contribution in [2.24, 2.45) is 5.73 Å². The zero-order valence-electron chi connectivity index (χ0n) is 8.74. The van der Waals surface area contributed by atoms with E-state index in [9.17, 15) is 9.18 Å². The highest BCUT2D eigenvalue weighted by Crippen LogP contribution is 2.12. The molecule has 0 aromatic heterocycles. The van der Waals surface area contributed by atoms with E-state index in [0.717, 1.165) is 0 Å². The van der Waals surface area contributed by atoms with Crippen LogP contribution in [0.1, 0.15) is 0 Å². The molecule has 1 aromatic rings. The van der Waals surface area contributed by atoms with Gasteiger partial charge >= 0.3 is 6.03 Å². The Labute approximate surface area is 98.2 Å². The summed E-state index contributed by atoms with van der Waals surface area (Å²) in [5, 5.41) is 2.41. The summed E-state index contributed by atoms with van der Waals surface area (Å²) in [6.07, 6.45) is 0. The van der Waals surface area contributed by atoms with Crippen LogP contribution in [0, 0.1) is 5.82 Å². The van der Waals surface area contributed by atoms with Crippen LogP contribution in [-0.4, -0.2) is 29.5 Å². The number of anilines is 1. The zero-order valence-corrected chi connectivity index (χ0v) is 9.55. The SMILES string of the molecule is CN(CC(N)=S)C(=O)Nc1ccccc1F. The minimum atomic E-state index is -0.487. The number of para-hydroxylation sites is 1. The highest BCUT2D eigenvalue weighted by atomic mass is 32.1. The Morgan fingerprint density at radius 3 is 2.75 bits per heavy atom. The number of halogens is 1. The minimum absolute atomic E-state index is 0.127. The Kier molecular flexibility index (Phi) is 4.19. The first-order chi connectivity index (χ1) is 7.50. The van der Waals surface area contributed by atoms with E-state index in [4.69, 9.17) is 5.73 Å². The molecule has 0 unspecified atom stereocenters. The van der Waals surface area contributed by atoms with E-state index in [2.05, 4.69) is 17.5 Å². The standard InChI is InChI=1S/C10H12FN3OS/c1-14(6-9(12)16)10(15)13-8-5-3-2-4-7(8)11/h2-5H,6H2,1H3,(H2,12,16)(H,13,15). The lowest BCUT2D eigenvalue weighted by Crippen LogP contribution is -2.37. The van der Waals surface area contributed by atoms with Gasteiger partial charge in [0.1, 0.15) is 5.82 Å². The molecule has 1 aromatic carbocycles. The van der Waals surface area contributed by atoms with Crippen LogP contribution in [0.15, 0.2) is 24.3 Å². The van der Waals surface area contributed by atoms with Gasteiger partial charge in [0.25, 0.3) is 0 Å². The maximum Gasteiger partial charge on any atom is 0.322 e. The molecule has 0 aliphatic rings. The Morgan fingerprint density at radius 2 is 2.19 bits per heavy atom. The van der Waals surface area contributed by atoms with Crippen molar-refractivity contribution in [3.05, 3.63) is 30.1 Å². The first kappa shape index (κ1) is 12.4. The van der Waals surface area contributed by atoms with Gasteiger partial charge in [-0.25, -0.2) is 9.18 Å². The second-order valence-corrected chi connectivity index (χ2v) is 3.76. The first-order valence-electron chi connectivity index (χ1n) is 4.55. The minimum Gasteiger partial charge on any atom is -0.392 e. The molecular formula is C10H12FN3OS. The van der Waals surface area contributed by atoms with Gasteiger partial charge < -0.3 is 16.0 Å².